The van der Waals surface area contributed by atoms with Crippen LogP contribution in [0.1, 0.15) is 42.2 Å². The van der Waals surface area contributed by atoms with E-state index < -0.39 is 23.9 Å². The molecule has 0 unspecified atom stereocenters. The van der Waals surface area contributed by atoms with Gasteiger partial charge >= 0.3 is 5.97 Å². The van der Waals surface area contributed by atoms with Crippen LogP contribution in [0, 0.1) is 17.1 Å². The lowest BCUT2D eigenvalue weighted by atomic mass is 10.1. The van der Waals surface area contributed by atoms with Gasteiger partial charge in [0, 0.05) is 5.69 Å². The van der Waals surface area contributed by atoms with Crippen LogP contribution in [0.2, 0.25) is 0 Å². The van der Waals surface area contributed by atoms with Crippen molar-refractivity contribution >= 4 is 23.5 Å². The van der Waals surface area contributed by atoms with E-state index in [-0.39, 0.29) is 23.8 Å². The third kappa shape index (κ3) is 6.43. The number of anilines is 1. The largest absolute Gasteiger partial charge is 0.449 e. The molecule has 2 aromatic carbocycles. The van der Waals surface area contributed by atoms with E-state index >= 15 is 0 Å². The van der Waals surface area contributed by atoms with Gasteiger partial charge in [-0.25, -0.2) is 9.18 Å². The Morgan fingerprint density at radius 3 is 2.28 bits per heavy atom. The molecule has 150 valence electrons. The van der Waals surface area contributed by atoms with Crippen LogP contribution in [-0.4, -0.2) is 23.9 Å². The summed E-state index contributed by atoms with van der Waals surface area (Å²) in [7, 11) is 0. The maximum atomic E-state index is 13.0. The fourth-order valence-electron chi connectivity index (χ4n) is 2.41. The first-order valence-corrected chi connectivity index (χ1v) is 8.84. The summed E-state index contributed by atoms with van der Waals surface area (Å²) in [4.78, 5) is 35.8. The summed E-state index contributed by atoms with van der Waals surface area (Å²) in [5.74, 6) is -2.01. The standard InChI is InChI=1S/C21H20FN3O4/c1-13(15-3-7-17(22)8-4-15)24-20(27)14(2)29-21(28)16-5-9-18(10-6-16)25-19(26)11-12-23/h3-10,13-14H,11H2,1-2H3,(H,24,27)(H,25,26)/t13-,14-/m0/s1. The average molecular weight is 397 g/mol. The average Bonchev–Trinajstić information content (AvgIpc) is 2.69. The van der Waals surface area contributed by atoms with Gasteiger partial charge in [-0.1, -0.05) is 12.1 Å². The molecule has 2 rings (SSSR count). The van der Waals surface area contributed by atoms with Crippen LogP contribution in [0.3, 0.4) is 0 Å². The normalized spacial score (nSPS) is 12.2. The highest BCUT2D eigenvalue weighted by atomic mass is 19.1. The molecular weight excluding hydrogens is 377 g/mol. The van der Waals surface area contributed by atoms with Crippen molar-refractivity contribution in [2.75, 3.05) is 5.32 Å². The van der Waals surface area contributed by atoms with E-state index in [9.17, 15) is 18.8 Å². The lowest BCUT2D eigenvalue weighted by Crippen LogP contribution is -2.37. The van der Waals surface area contributed by atoms with Crippen molar-refractivity contribution in [2.45, 2.75) is 32.4 Å². The number of nitrogens with zero attached hydrogens (tertiary/aromatic N) is 1. The molecule has 0 heterocycles. The Morgan fingerprint density at radius 1 is 1.07 bits per heavy atom. The van der Waals surface area contributed by atoms with E-state index in [1.165, 1.54) is 43.3 Å². The zero-order chi connectivity index (χ0) is 21.4. The second kappa shape index (κ2) is 9.99. The molecular formula is C21H20FN3O4. The number of nitriles is 1. The number of carbonyl (C=O) groups is 3. The Labute approximate surface area is 167 Å². The van der Waals surface area contributed by atoms with Crippen molar-refractivity contribution in [3.05, 3.63) is 65.5 Å². The van der Waals surface area contributed by atoms with Gasteiger partial charge in [0.1, 0.15) is 12.2 Å². The summed E-state index contributed by atoms with van der Waals surface area (Å²) < 4.78 is 18.2. The lowest BCUT2D eigenvalue weighted by molar-refractivity contribution is -0.129. The minimum atomic E-state index is -1.04. The highest BCUT2D eigenvalue weighted by Crippen LogP contribution is 2.14. The Kier molecular flexibility index (Phi) is 7.43. The molecule has 2 N–H and O–H groups in total. The molecule has 0 aromatic heterocycles. The fraction of sp³-hybridized carbons (Fsp3) is 0.238. The molecule has 0 saturated carbocycles. The molecule has 0 fully saturated rings. The second-order valence-electron chi connectivity index (χ2n) is 6.29. The Morgan fingerprint density at radius 2 is 1.69 bits per heavy atom. The van der Waals surface area contributed by atoms with Crippen LogP contribution in [0.4, 0.5) is 10.1 Å². The number of hydrogen-bond acceptors (Lipinski definition) is 5. The number of halogens is 1. The number of rotatable bonds is 7. The van der Waals surface area contributed by atoms with Crippen molar-refractivity contribution < 1.29 is 23.5 Å². The van der Waals surface area contributed by atoms with Gasteiger partial charge in [0.25, 0.3) is 5.91 Å². The molecule has 2 amide bonds. The Hall–Kier alpha value is -3.73. The number of esters is 1. The van der Waals surface area contributed by atoms with Gasteiger partial charge in [0.15, 0.2) is 6.10 Å². The van der Waals surface area contributed by atoms with Gasteiger partial charge in [0.2, 0.25) is 5.91 Å². The highest BCUT2D eigenvalue weighted by molar-refractivity contribution is 5.94. The van der Waals surface area contributed by atoms with Crippen LogP contribution in [-0.2, 0) is 14.3 Å². The van der Waals surface area contributed by atoms with Gasteiger partial charge in [0.05, 0.1) is 17.7 Å². The van der Waals surface area contributed by atoms with E-state index in [0.29, 0.717) is 11.3 Å². The van der Waals surface area contributed by atoms with E-state index in [0.717, 1.165) is 0 Å². The minimum Gasteiger partial charge on any atom is -0.449 e. The molecule has 29 heavy (non-hydrogen) atoms. The van der Waals surface area contributed by atoms with E-state index in [1.54, 1.807) is 25.1 Å². The van der Waals surface area contributed by atoms with Gasteiger partial charge in [-0.15, -0.1) is 0 Å². The molecule has 0 aliphatic carbocycles. The molecule has 2 aromatic rings. The smallest absolute Gasteiger partial charge is 0.338 e. The molecule has 0 saturated heterocycles. The predicted molar refractivity (Wildman–Crippen MR) is 103 cm³/mol. The first-order valence-electron chi connectivity index (χ1n) is 8.84. The number of hydrogen-bond donors (Lipinski definition) is 2. The summed E-state index contributed by atoms with van der Waals surface area (Å²) in [6.45, 7) is 3.18. The fourth-order valence-corrected chi connectivity index (χ4v) is 2.41. The quantitative estimate of drug-likeness (QED) is 0.698. The summed E-state index contributed by atoms with van der Waals surface area (Å²) in [5, 5.41) is 13.7. The van der Waals surface area contributed by atoms with Crippen LogP contribution >= 0.6 is 0 Å². The Bertz CT molecular complexity index is 920. The van der Waals surface area contributed by atoms with Gasteiger partial charge in [-0.05, 0) is 55.8 Å². The second-order valence-corrected chi connectivity index (χ2v) is 6.29. The van der Waals surface area contributed by atoms with Gasteiger partial charge in [-0.3, -0.25) is 9.59 Å². The lowest BCUT2D eigenvalue weighted by Gasteiger charge is -2.18. The Balaban J connectivity index is 1.90. The predicted octanol–water partition coefficient (Wildman–Crippen LogP) is 3.10. The molecule has 8 heteroatoms. The van der Waals surface area contributed by atoms with Crippen LogP contribution in [0.5, 0.6) is 0 Å². The molecule has 0 aliphatic rings. The van der Waals surface area contributed by atoms with Gasteiger partial charge in [-0.2, -0.15) is 5.26 Å². The van der Waals surface area contributed by atoms with E-state index in [2.05, 4.69) is 10.6 Å². The summed E-state index contributed by atoms with van der Waals surface area (Å²) in [5.41, 5.74) is 1.35. The van der Waals surface area contributed by atoms with E-state index in [1.807, 2.05) is 0 Å². The monoisotopic (exact) mass is 397 g/mol. The zero-order valence-corrected chi connectivity index (χ0v) is 15.9. The molecule has 2 atom stereocenters. The molecule has 0 aliphatic heterocycles. The van der Waals surface area contributed by atoms with Crippen molar-refractivity contribution in [2.24, 2.45) is 0 Å². The van der Waals surface area contributed by atoms with Crippen LogP contribution < -0.4 is 10.6 Å². The highest BCUT2D eigenvalue weighted by Gasteiger charge is 2.21. The number of carbonyl (C=O) groups excluding carboxylic acids is 3. The molecule has 0 bridgehead atoms. The first-order chi connectivity index (χ1) is 13.8. The summed E-state index contributed by atoms with van der Waals surface area (Å²) in [6, 6.07) is 12.9. The maximum Gasteiger partial charge on any atom is 0.338 e. The third-order valence-corrected chi connectivity index (χ3v) is 4.03. The SMILES string of the molecule is C[C@H](OC(=O)c1ccc(NC(=O)CC#N)cc1)C(=O)N[C@@H](C)c1ccc(F)cc1. The molecule has 0 radical (unpaired) electrons. The van der Waals surface area contributed by atoms with Crippen LogP contribution in [0.15, 0.2) is 48.5 Å². The summed E-state index contributed by atoms with van der Waals surface area (Å²) in [6.07, 6.45) is -1.31. The molecule has 0 spiro atoms. The third-order valence-electron chi connectivity index (χ3n) is 4.03. The number of ether oxygens (including phenoxy) is 1. The summed E-state index contributed by atoms with van der Waals surface area (Å²) >= 11 is 0. The number of nitrogens with one attached hydrogen (secondary N) is 2. The van der Waals surface area contributed by atoms with Crippen molar-refractivity contribution in [1.29, 1.82) is 5.26 Å². The molecule has 7 nitrogen and oxygen atoms in total. The maximum absolute atomic E-state index is 13.0. The van der Waals surface area contributed by atoms with Crippen LogP contribution in [0.25, 0.3) is 0 Å². The van der Waals surface area contributed by atoms with Crippen molar-refractivity contribution in [3.8, 4) is 6.07 Å². The van der Waals surface area contributed by atoms with Crippen molar-refractivity contribution in [1.82, 2.24) is 5.32 Å². The number of amides is 2. The zero-order valence-electron chi connectivity index (χ0n) is 15.9. The topological polar surface area (TPSA) is 108 Å². The first kappa shape index (κ1) is 21.6. The minimum absolute atomic E-state index is 0.203. The van der Waals surface area contributed by atoms with E-state index in [4.69, 9.17) is 10.00 Å². The number of benzene rings is 2. The van der Waals surface area contributed by atoms with Crippen molar-refractivity contribution in [3.63, 3.8) is 0 Å². The van der Waals surface area contributed by atoms with Gasteiger partial charge < -0.3 is 15.4 Å².